The van der Waals surface area contributed by atoms with E-state index in [1.54, 1.807) is 30.3 Å². The molecule has 0 bridgehead atoms. The number of carbonyl (C=O) groups is 1. The van der Waals surface area contributed by atoms with Gasteiger partial charge in [0, 0.05) is 6.54 Å². The Morgan fingerprint density at radius 3 is 2.38 bits per heavy atom. The number of sulfone groups is 1. The maximum atomic E-state index is 12.4. The summed E-state index contributed by atoms with van der Waals surface area (Å²) in [6.07, 6.45) is 1.58. The summed E-state index contributed by atoms with van der Waals surface area (Å²) in [6, 6.07) is 17.6. The number of nitrogens with zero attached hydrogens (tertiary/aromatic N) is 1. The Hall–Kier alpha value is -2.18. The van der Waals surface area contributed by atoms with Crippen LogP contribution in [0.3, 0.4) is 0 Å². The minimum Gasteiger partial charge on any atom is -0.460 e. The molecule has 6 heteroatoms. The van der Waals surface area contributed by atoms with Crippen LogP contribution in [0.4, 0.5) is 0 Å². The first kappa shape index (κ1) is 18.6. The Bertz CT molecular complexity index is 821. The quantitative estimate of drug-likeness (QED) is 0.698. The van der Waals surface area contributed by atoms with E-state index in [1.165, 1.54) is 0 Å². The molecule has 3 rings (SSSR count). The Balaban J connectivity index is 1.55. The molecule has 1 fully saturated rings. The minimum absolute atomic E-state index is 0.000517. The number of hydrogen-bond acceptors (Lipinski definition) is 5. The summed E-state index contributed by atoms with van der Waals surface area (Å²) in [5, 5.41) is 0. The Morgan fingerprint density at radius 2 is 1.69 bits per heavy atom. The van der Waals surface area contributed by atoms with Crippen molar-refractivity contribution in [3.05, 3.63) is 66.2 Å². The van der Waals surface area contributed by atoms with E-state index in [4.69, 9.17) is 4.74 Å². The van der Waals surface area contributed by atoms with Crippen molar-refractivity contribution in [2.45, 2.75) is 30.4 Å². The molecule has 0 saturated carbocycles. The predicted molar refractivity (Wildman–Crippen MR) is 99.3 cm³/mol. The molecule has 0 aliphatic carbocycles. The zero-order chi connectivity index (χ0) is 18.4. The van der Waals surface area contributed by atoms with Crippen LogP contribution in [0.2, 0.25) is 0 Å². The maximum absolute atomic E-state index is 12.4. The van der Waals surface area contributed by atoms with Gasteiger partial charge in [-0.3, -0.25) is 9.69 Å². The van der Waals surface area contributed by atoms with Gasteiger partial charge in [-0.25, -0.2) is 8.42 Å². The van der Waals surface area contributed by atoms with Gasteiger partial charge in [-0.1, -0.05) is 48.5 Å². The van der Waals surface area contributed by atoms with E-state index < -0.39 is 9.84 Å². The van der Waals surface area contributed by atoms with Gasteiger partial charge in [-0.2, -0.15) is 0 Å². The van der Waals surface area contributed by atoms with Crippen LogP contribution in [0.5, 0.6) is 0 Å². The van der Waals surface area contributed by atoms with Gasteiger partial charge in [-0.05, 0) is 37.1 Å². The van der Waals surface area contributed by atoms with Crippen LogP contribution in [0.15, 0.2) is 65.6 Å². The summed E-state index contributed by atoms with van der Waals surface area (Å²) in [5.41, 5.74) is 0.942. The number of benzene rings is 2. The van der Waals surface area contributed by atoms with Gasteiger partial charge >= 0.3 is 5.97 Å². The minimum atomic E-state index is -3.35. The molecule has 1 aliphatic heterocycles. The third-order valence-corrected chi connectivity index (χ3v) is 6.32. The molecule has 1 saturated heterocycles. The normalized spacial score (nSPS) is 17.9. The molecule has 1 atom stereocenters. The lowest BCUT2D eigenvalue weighted by atomic mass is 10.2. The Kier molecular flexibility index (Phi) is 6.06. The molecule has 1 aliphatic rings. The SMILES string of the molecule is O=C(OCc1ccccc1)C1CCCN1CCS(=O)(=O)c1ccccc1. The highest BCUT2D eigenvalue weighted by Gasteiger charge is 2.32. The van der Waals surface area contributed by atoms with Crippen LogP contribution in [0, 0.1) is 0 Å². The van der Waals surface area contributed by atoms with Gasteiger partial charge < -0.3 is 4.74 Å². The lowest BCUT2D eigenvalue weighted by Crippen LogP contribution is -2.39. The summed E-state index contributed by atoms with van der Waals surface area (Å²) in [4.78, 5) is 14.7. The van der Waals surface area contributed by atoms with E-state index in [0.717, 1.165) is 18.5 Å². The summed E-state index contributed by atoms with van der Waals surface area (Å²) in [7, 11) is -3.35. The van der Waals surface area contributed by atoms with Gasteiger partial charge in [0.1, 0.15) is 12.6 Å². The molecule has 1 heterocycles. The van der Waals surface area contributed by atoms with E-state index in [1.807, 2.05) is 35.2 Å². The molecule has 0 amide bonds. The topological polar surface area (TPSA) is 63.7 Å². The first-order valence-electron chi connectivity index (χ1n) is 8.79. The summed E-state index contributed by atoms with van der Waals surface area (Å²) < 4.78 is 30.3. The molecule has 0 N–H and O–H groups in total. The molecule has 0 spiro atoms. The first-order chi connectivity index (χ1) is 12.6. The number of ether oxygens (including phenoxy) is 1. The van der Waals surface area contributed by atoms with Crippen molar-refractivity contribution in [2.24, 2.45) is 0 Å². The van der Waals surface area contributed by atoms with Gasteiger partial charge in [0.25, 0.3) is 0 Å². The Labute approximate surface area is 154 Å². The number of rotatable bonds is 7. The van der Waals surface area contributed by atoms with Crippen molar-refractivity contribution < 1.29 is 17.9 Å². The Morgan fingerprint density at radius 1 is 1.04 bits per heavy atom. The standard InChI is InChI=1S/C20H23NO4S/c22-20(25-16-17-8-3-1-4-9-17)19-12-7-13-21(19)14-15-26(23,24)18-10-5-2-6-11-18/h1-6,8-11,19H,7,12-16H2. The number of carbonyl (C=O) groups excluding carboxylic acids is 1. The fraction of sp³-hybridized carbons (Fsp3) is 0.350. The molecule has 138 valence electrons. The largest absolute Gasteiger partial charge is 0.460 e. The molecule has 0 radical (unpaired) electrons. The molecule has 2 aromatic carbocycles. The average molecular weight is 373 g/mol. The highest BCUT2D eigenvalue weighted by molar-refractivity contribution is 7.91. The molecule has 1 unspecified atom stereocenters. The van der Waals surface area contributed by atoms with Crippen molar-refractivity contribution in [1.82, 2.24) is 4.90 Å². The molecule has 26 heavy (non-hydrogen) atoms. The van der Waals surface area contributed by atoms with Gasteiger partial charge in [-0.15, -0.1) is 0 Å². The zero-order valence-electron chi connectivity index (χ0n) is 14.6. The highest BCUT2D eigenvalue weighted by atomic mass is 32.2. The fourth-order valence-electron chi connectivity index (χ4n) is 3.17. The molecular formula is C20H23NO4S. The van der Waals surface area contributed by atoms with E-state index in [9.17, 15) is 13.2 Å². The van der Waals surface area contributed by atoms with E-state index in [-0.39, 0.29) is 24.4 Å². The van der Waals surface area contributed by atoms with E-state index >= 15 is 0 Å². The number of likely N-dealkylation sites (tertiary alicyclic amines) is 1. The molecule has 0 aromatic heterocycles. The lowest BCUT2D eigenvalue weighted by molar-refractivity contribution is -0.150. The summed E-state index contributed by atoms with van der Waals surface area (Å²) >= 11 is 0. The molecule has 5 nitrogen and oxygen atoms in total. The van der Waals surface area contributed by atoms with Crippen molar-refractivity contribution in [1.29, 1.82) is 0 Å². The highest BCUT2D eigenvalue weighted by Crippen LogP contribution is 2.20. The van der Waals surface area contributed by atoms with Gasteiger partial charge in [0.15, 0.2) is 9.84 Å². The predicted octanol–water partition coefficient (Wildman–Crippen LogP) is 2.67. The van der Waals surface area contributed by atoms with Crippen LogP contribution >= 0.6 is 0 Å². The van der Waals surface area contributed by atoms with Crippen molar-refractivity contribution in [2.75, 3.05) is 18.8 Å². The summed E-state index contributed by atoms with van der Waals surface area (Å²) in [5.74, 6) is -0.275. The third-order valence-electron chi connectivity index (χ3n) is 4.61. The van der Waals surface area contributed by atoms with Crippen molar-refractivity contribution in [3.63, 3.8) is 0 Å². The average Bonchev–Trinajstić information content (AvgIpc) is 3.15. The van der Waals surface area contributed by atoms with Gasteiger partial charge in [0.05, 0.1) is 10.6 Å². The molecular weight excluding hydrogens is 350 g/mol. The number of esters is 1. The van der Waals surface area contributed by atoms with Crippen LogP contribution in [0.1, 0.15) is 18.4 Å². The van der Waals surface area contributed by atoms with Crippen molar-refractivity contribution >= 4 is 15.8 Å². The smallest absolute Gasteiger partial charge is 0.323 e. The molecule has 2 aromatic rings. The lowest BCUT2D eigenvalue weighted by Gasteiger charge is -2.22. The second kappa shape index (κ2) is 8.47. The monoisotopic (exact) mass is 373 g/mol. The van der Waals surface area contributed by atoms with E-state index in [0.29, 0.717) is 17.9 Å². The third kappa shape index (κ3) is 4.71. The maximum Gasteiger partial charge on any atom is 0.323 e. The van der Waals surface area contributed by atoms with Crippen LogP contribution in [-0.4, -0.2) is 44.2 Å². The van der Waals surface area contributed by atoms with Crippen LogP contribution < -0.4 is 0 Å². The van der Waals surface area contributed by atoms with Crippen LogP contribution in [-0.2, 0) is 26.0 Å². The van der Waals surface area contributed by atoms with Crippen molar-refractivity contribution in [3.8, 4) is 0 Å². The van der Waals surface area contributed by atoms with E-state index in [2.05, 4.69) is 0 Å². The summed E-state index contributed by atoms with van der Waals surface area (Å²) in [6.45, 7) is 1.30. The van der Waals surface area contributed by atoms with Gasteiger partial charge in [0.2, 0.25) is 0 Å². The fourth-order valence-corrected chi connectivity index (χ4v) is 4.45. The first-order valence-corrected chi connectivity index (χ1v) is 10.4. The van der Waals surface area contributed by atoms with Crippen LogP contribution in [0.25, 0.3) is 0 Å². The second-order valence-corrected chi connectivity index (χ2v) is 8.53. The number of hydrogen-bond donors (Lipinski definition) is 0. The second-order valence-electron chi connectivity index (χ2n) is 6.42. The zero-order valence-corrected chi connectivity index (χ0v) is 15.4.